The van der Waals surface area contributed by atoms with Gasteiger partial charge in [-0.3, -0.25) is 0 Å². The van der Waals surface area contributed by atoms with Crippen LogP contribution < -0.4 is 4.74 Å². The molecule has 0 amide bonds. The maximum absolute atomic E-state index is 9.64. The second-order valence-corrected chi connectivity index (χ2v) is 4.46. The zero-order valence-corrected chi connectivity index (χ0v) is 9.32. The highest BCUT2D eigenvalue weighted by Gasteiger charge is 2.28. The normalized spacial score (nSPS) is 23.9. The Morgan fingerprint density at radius 1 is 1.19 bits per heavy atom. The Kier molecular flexibility index (Phi) is 2.27. The summed E-state index contributed by atoms with van der Waals surface area (Å²) in [6.45, 7) is 0.259. The average molecular weight is 235 g/mol. The lowest BCUT2D eigenvalue weighted by molar-refractivity contribution is 0.0887. The van der Waals surface area contributed by atoms with Crippen molar-refractivity contribution in [2.75, 3.05) is 6.61 Å². The molecule has 1 aliphatic heterocycles. The summed E-state index contributed by atoms with van der Waals surface area (Å²) in [4.78, 5) is 0. The third-order valence-electron chi connectivity index (χ3n) is 2.94. The quantitative estimate of drug-likeness (QED) is 0.711. The fourth-order valence-corrected chi connectivity index (χ4v) is 2.34. The Morgan fingerprint density at radius 2 is 2.00 bits per heavy atom. The van der Waals surface area contributed by atoms with E-state index in [4.69, 9.17) is 16.3 Å². The molecule has 1 aliphatic rings. The van der Waals surface area contributed by atoms with Crippen LogP contribution in [0, 0.1) is 0 Å². The minimum absolute atomic E-state index is 0.259. The smallest absolute Gasteiger partial charge is 0.132 e. The number of hydrogen-bond donors (Lipinski definition) is 1. The largest absolute Gasteiger partial charge is 0.490 e. The summed E-state index contributed by atoms with van der Waals surface area (Å²) in [7, 11) is 0. The van der Waals surface area contributed by atoms with Crippen LogP contribution in [0.5, 0.6) is 5.75 Å². The van der Waals surface area contributed by atoms with E-state index in [0.29, 0.717) is 0 Å². The van der Waals surface area contributed by atoms with Crippen LogP contribution in [0.1, 0.15) is 10.9 Å². The summed E-state index contributed by atoms with van der Waals surface area (Å²) in [5.41, 5.74) is 0.874. The van der Waals surface area contributed by atoms with E-state index in [2.05, 4.69) is 0 Å². The van der Waals surface area contributed by atoms with Gasteiger partial charge in [0.05, 0.1) is 5.38 Å². The Balaban J connectivity index is 2.27. The van der Waals surface area contributed by atoms with Gasteiger partial charge in [0.2, 0.25) is 0 Å². The number of ether oxygens (including phenoxy) is 1. The maximum Gasteiger partial charge on any atom is 0.132 e. The summed E-state index contributed by atoms with van der Waals surface area (Å²) < 4.78 is 5.58. The molecule has 0 spiro atoms. The molecule has 0 aliphatic carbocycles. The van der Waals surface area contributed by atoms with E-state index in [1.807, 2.05) is 36.4 Å². The highest BCUT2D eigenvalue weighted by molar-refractivity contribution is 6.21. The third kappa shape index (κ3) is 1.38. The van der Waals surface area contributed by atoms with Crippen LogP contribution in [0.3, 0.4) is 0 Å². The van der Waals surface area contributed by atoms with Crippen LogP contribution >= 0.6 is 11.6 Å². The second-order valence-electron chi connectivity index (χ2n) is 3.99. The molecular weight excluding hydrogens is 224 g/mol. The molecule has 1 N–H and O–H groups in total. The van der Waals surface area contributed by atoms with Gasteiger partial charge in [-0.2, -0.15) is 0 Å². The van der Waals surface area contributed by atoms with Crippen molar-refractivity contribution in [2.45, 2.75) is 11.5 Å². The van der Waals surface area contributed by atoms with Crippen LogP contribution in [0.2, 0.25) is 0 Å². The van der Waals surface area contributed by atoms with E-state index in [1.54, 1.807) is 0 Å². The first-order valence-electron chi connectivity index (χ1n) is 5.24. The predicted molar refractivity (Wildman–Crippen MR) is 64.0 cm³/mol. The van der Waals surface area contributed by atoms with Gasteiger partial charge in [0.1, 0.15) is 18.5 Å². The molecule has 0 fully saturated rings. The van der Waals surface area contributed by atoms with Crippen LogP contribution in [0.15, 0.2) is 36.4 Å². The molecule has 16 heavy (non-hydrogen) atoms. The molecule has 2 nitrogen and oxygen atoms in total. The van der Waals surface area contributed by atoms with E-state index in [9.17, 15) is 5.11 Å². The van der Waals surface area contributed by atoms with Crippen LogP contribution in [-0.2, 0) is 0 Å². The number of aliphatic hydroxyl groups is 1. The summed E-state index contributed by atoms with van der Waals surface area (Å²) in [6, 6.07) is 11.9. The predicted octanol–water partition coefficient (Wildman–Crippen LogP) is 2.87. The lowest BCUT2D eigenvalue weighted by Gasteiger charge is -2.27. The standard InChI is InChI=1S/C13H11ClO2/c14-12-10-6-5-8-3-1-2-4-9(8)13(10)16-7-11(12)15/h1-6,11-12,15H,7H2. The van der Waals surface area contributed by atoms with Crippen molar-refractivity contribution in [1.82, 2.24) is 0 Å². The zero-order chi connectivity index (χ0) is 11.1. The Bertz CT molecular complexity index is 538. The Hall–Kier alpha value is -1.25. The number of fused-ring (bicyclic) bond motifs is 3. The molecule has 2 aromatic carbocycles. The molecule has 0 saturated carbocycles. The van der Waals surface area contributed by atoms with Crippen molar-refractivity contribution in [2.24, 2.45) is 0 Å². The number of aliphatic hydroxyl groups excluding tert-OH is 1. The van der Waals surface area contributed by atoms with E-state index in [1.165, 1.54) is 0 Å². The zero-order valence-electron chi connectivity index (χ0n) is 8.56. The molecule has 0 aromatic heterocycles. The van der Waals surface area contributed by atoms with E-state index in [-0.39, 0.29) is 12.0 Å². The van der Waals surface area contributed by atoms with Crippen molar-refractivity contribution < 1.29 is 9.84 Å². The molecule has 3 heteroatoms. The Labute approximate surface area is 98.4 Å². The molecule has 1 heterocycles. The Morgan fingerprint density at radius 3 is 2.88 bits per heavy atom. The molecular formula is C13H11ClO2. The van der Waals surface area contributed by atoms with Crippen molar-refractivity contribution in [1.29, 1.82) is 0 Å². The molecule has 82 valence electrons. The lowest BCUT2D eigenvalue weighted by Crippen LogP contribution is -2.27. The second kappa shape index (κ2) is 3.65. The molecule has 0 bridgehead atoms. The van der Waals surface area contributed by atoms with Gasteiger partial charge in [0.25, 0.3) is 0 Å². The van der Waals surface area contributed by atoms with Gasteiger partial charge in [-0.1, -0.05) is 36.4 Å². The summed E-state index contributed by atoms with van der Waals surface area (Å²) >= 11 is 6.17. The molecule has 2 unspecified atom stereocenters. The van der Waals surface area contributed by atoms with Gasteiger partial charge in [-0.25, -0.2) is 0 Å². The summed E-state index contributed by atoms with van der Waals surface area (Å²) in [6.07, 6.45) is -0.629. The first-order chi connectivity index (χ1) is 7.77. The van der Waals surface area contributed by atoms with Gasteiger partial charge >= 0.3 is 0 Å². The average Bonchev–Trinajstić information content (AvgIpc) is 2.33. The summed E-state index contributed by atoms with van der Waals surface area (Å²) in [5, 5.41) is 11.4. The van der Waals surface area contributed by atoms with Crippen LogP contribution in [-0.4, -0.2) is 17.8 Å². The van der Waals surface area contributed by atoms with Gasteiger partial charge in [0, 0.05) is 10.9 Å². The van der Waals surface area contributed by atoms with Crippen molar-refractivity contribution in [3.05, 3.63) is 42.0 Å². The van der Waals surface area contributed by atoms with E-state index in [0.717, 1.165) is 22.1 Å². The van der Waals surface area contributed by atoms with Crippen LogP contribution in [0.25, 0.3) is 10.8 Å². The first-order valence-corrected chi connectivity index (χ1v) is 5.67. The van der Waals surface area contributed by atoms with Gasteiger partial charge < -0.3 is 9.84 Å². The maximum atomic E-state index is 9.64. The number of rotatable bonds is 0. The van der Waals surface area contributed by atoms with Crippen molar-refractivity contribution in [3.63, 3.8) is 0 Å². The number of benzene rings is 2. The van der Waals surface area contributed by atoms with E-state index >= 15 is 0 Å². The van der Waals surface area contributed by atoms with Crippen LogP contribution in [0.4, 0.5) is 0 Å². The number of halogens is 1. The van der Waals surface area contributed by atoms with Gasteiger partial charge in [-0.05, 0) is 5.39 Å². The molecule has 3 rings (SSSR count). The van der Waals surface area contributed by atoms with E-state index < -0.39 is 6.10 Å². The number of alkyl halides is 1. The molecule has 2 atom stereocenters. The monoisotopic (exact) mass is 234 g/mol. The molecule has 2 aromatic rings. The van der Waals surface area contributed by atoms with Crippen molar-refractivity contribution >= 4 is 22.4 Å². The third-order valence-corrected chi connectivity index (χ3v) is 3.47. The minimum Gasteiger partial charge on any atom is -0.490 e. The topological polar surface area (TPSA) is 29.5 Å². The molecule has 0 saturated heterocycles. The van der Waals surface area contributed by atoms with Crippen molar-refractivity contribution in [3.8, 4) is 5.75 Å². The summed E-state index contributed by atoms with van der Waals surface area (Å²) in [5.74, 6) is 0.809. The highest BCUT2D eigenvalue weighted by Crippen LogP contribution is 2.40. The minimum atomic E-state index is -0.629. The highest BCUT2D eigenvalue weighted by atomic mass is 35.5. The van der Waals surface area contributed by atoms with Gasteiger partial charge in [0.15, 0.2) is 0 Å². The number of hydrogen-bond acceptors (Lipinski definition) is 2. The first kappa shape index (κ1) is 9.94. The molecule has 0 radical (unpaired) electrons. The van der Waals surface area contributed by atoms with Gasteiger partial charge in [-0.15, -0.1) is 11.6 Å². The fraction of sp³-hybridized carbons (Fsp3) is 0.231. The lowest BCUT2D eigenvalue weighted by atomic mass is 9.99. The fourth-order valence-electron chi connectivity index (χ4n) is 2.10. The SMILES string of the molecule is OC1COc2c(ccc3ccccc23)C1Cl.